The second-order valence-electron chi connectivity index (χ2n) is 7.56. The van der Waals surface area contributed by atoms with Gasteiger partial charge in [0.2, 0.25) is 5.95 Å². The highest BCUT2D eigenvalue weighted by Crippen LogP contribution is 2.26. The average Bonchev–Trinajstić information content (AvgIpc) is 2.63. The highest BCUT2D eigenvalue weighted by atomic mass is 16.5. The Morgan fingerprint density at radius 1 is 1.22 bits per heavy atom. The smallest absolute Gasteiger partial charge is 0.254 e. The van der Waals surface area contributed by atoms with Gasteiger partial charge in [-0.05, 0) is 58.3 Å². The summed E-state index contributed by atoms with van der Waals surface area (Å²) in [5, 5.41) is 16.5. The summed E-state index contributed by atoms with van der Waals surface area (Å²) in [4.78, 5) is 20.5. The molecule has 3 rings (SSSR count). The van der Waals surface area contributed by atoms with Crippen LogP contribution in [0.4, 0.5) is 11.8 Å². The molecule has 8 nitrogen and oxygen atoms in total. The average molecular weight is 377 g/mol. The number of carbonyl (C=O) groups is 1. The Hall–Kier alpha value is -1.93. The van der Waals surface area contributed by atoms with E-state index >= 15 is 0 Å². The lowest BCUT2D eigenvalue weighted by Crippen LogP contribution is -2.32. The van der Waals surface area contributed by atoms with Crippen molar-refractivity contribution in [2.45, 2.75) is 82.6 Å². The highest BCUT2D eigenvalue weighted by Gasteiger charge is 2.24. The van der Waals surface area contributed by atoms with E-state index in [4.69, 9.17) is 10.5 Å². The third-order valence-corrected chi connectivity index (χ3v) is 5.45. The Balaban J connectivity index is 1.65. The van der Waals surface area contributed by atoms with E-state index in [0.29, 0.717) is 30.3 Å². The van der Waals surface area contributed by atoms with Crippen LogP contribution in [0.15, 0.2) is 6.20 Å². The Bertz CT molecular complexity index is 634. The number of ether oxygens (including phenoxy) is 1. The van der Waals surface area contributed by atoms with Crippen molar-refractivity contribution in [3.05, 3.63) is 11.8 Å². The van der Waals surface area contributed by atoms with Crippen molar-refractivity contribution in [1.29, 1.82) is 0 Å². The molecule has 0 aliphatic heterocycles. The largest absolute Gasteiger partial charge is 0.393 e. The molecule has 2 fully saturated rings. The zero-order chi connectivity index (χ0) is 19.2. The van der Waals surface area contributed by atoms with Gasteiger partial charge in [0.05, 0.1) is 17.8 Å². The minimum atomic E-state index is -0.558. The SMILES string of the molecule is CCOC1CCC(Nc2ncc(C(N)=O)c(NC3CCC[C@@H](O)C3)n2)CC1. The van der Waals surface area contributed by atoms with Crippen molar-refractivity contribution in [2.75, 3.05) is 17.2 Å². The van der Waals surface area contributed by atoms with Crippen LogP contribution >= 0.6 is 0 Å². The van der Waals surface area contributed by atoms with Gasteiger partial charge in [0.25, 0.3) is 5.91 Å². The zero-order valence-electron chi connectivity index (χ0n) is 16.0. The van der Waals surface area contributed by atoms with Crippen molar-refractivity contribution >= 4 is 17.7 Å². The fraction of sp³-hybridized carbons (Fsp3) is 0.737. The lowest BCUT2D eigenvalue weighted by molar-refractivity contribution is 0.0346. The van der Waals surface area contributed by atoms with Crippen LogP contribution in [-0.2, 0) is 4.74 Å². The van der Waals surface area contributed by atoms with E-state index in [-0.39, 0.29) is 17.7 Å². The summed E-state index contributed by atoms with van der Waals surface area (Å²) >= 11 is 0. The highest BCUT2D eigenvalue weighted by molar-refractivity contribution is 5.97. The Morgan fingerprint density at radius 3 is 2.67 bits per heavy atom. The minimum Gasteiger partial charge on any atom is -0.393 e. The Kier molecular flexibility index (Phi) is 6.84. The maximum atomic E-state index is 11.7. The quantitative estimate of drug-likeness (QED) is 0.573. The van der Waals surface area contributed by atoms with Crippen LogP contribution in [0.1, 0.15) is 68.6 Å². The molecule has 1 aromatic rings. The van der Waals surface area contributed by atoms with E-state index in [9.17, 15) is 9.90 Å². The van der Waals surface area contributed by atoms with Crippen LogP contribution in [-0.4, -0.2) is 51.9 Å². The van der Waals surface area contributed by atoms with Crippen molar-refractivity contribution in [2.24, 2.45) is 5.73 Å². The number of aliphatic hydroxyl groups excluding tert-OH is 1. The Morgan fingerprint density at radius 2 is 2.00 bits per heavy atom. The van der Waals surface area contributed by atoms with Gasteiger partial charge in [-0.15, -0.1) is 0 Å². The van der Waals surface area contributed by atoms with Gasteiger partial charge in [0.1, 0.15) is 5.82 Å². The number of carbonyl (C=O) groups excluding carboxylic acids is 1. The van der Waals surface area contributed by atoms with E-state index < -0.39 is 5.91 Å². The molecule has 2 aliphatic carbocycles. The van der Waals surface area contributed by atoms with Gasteiger partial charge in [0, 0.05) is 24.9 Å². The standard InChI is InChI=1S/C19H31N5O3/c1-2-27-15-8-6-12(7-9-15)23-19-21-11-16(17(20)26)18(24-19)22-13-4-3-5-14(25)10-13/h11-15,25H,2-10H2,1H3,(H2,20,26)(H2,21,22,23,24)/t12?,13?,14-,15?/m1/s1. The van der Waals surface area contributed by atoms with Gasteiger partial charge in [-0.1, -0.05) is 0 Å². The molecule has 2 saturated carbocycles. The number of nitrogens with zero attached hydrogens (tertiary/aromatic N) is 2. The fourth-order valence-electron chi connectivity index (χ4n) is 4.02. The van der Waals surface area contributed by atoms with Crippen LogP contribution < -0.4 is 16.4 Å². The summed E-state index contributed by atoms with van der Waals surface area (Å²) in [6, 6.07) is 0.377. The van der Waals surface area contributed by atoms with Crippen molar-refractivity contribution in [3.8, 4) is 0 Å². The molecule has 5 N–H and O–H groups in total. The van der Waals surface area contributed by atoms with E-state index in [1.165, 1.54) is 6.20 Å². The zero-order valence-corrected chi connectivity index (χ0v) is 16.0. The third kappa shape index (κ3) is 5.52. The van der Waals surface area contributed by atoms with Crippen LogP contribution in [0.2, 0.25) is 0 Å². The number of anilines is 2. The molecule has 1 unspecified atom stereocenters. The maximum absolute atomic E-state index is 11.7. The Labute approximate surface area is 160 Å². The number of aromatic nitrogens is 2. The molecule has 2 atom stereocenters. The predicted molar refractivity (Wildman–Crippen MR) is 104 cm³/mol. The van der Waals surface area contributed by atoms with Crippen LogP contribution in [0.5, 0.6) is 0 Å². The number of rotatable bonds is 7. The summed E-state index contributed by atoms with van der Waals surface area (Å²) in [5.41, 5.74) is 5.76. The number of nitrogens with one attached hydrogen (secondary N) is 2. The topological polar surface area (TPSA) is 122 Å². The monoisotopic (exact) mass is 377 g/mol. The third-order valence-electron chi connectivity index (χ3n) is 5.45. The van der Waals surface area contributed by atoms with Gasteiger partial charge in [-0.2, -0.15) is 4.98 Å². The van der Waals surface area contributed by atoms with Gasteiger partial charge in [-0.25, -0.2) is 4.98 Å². The first kappa shape index (κ1) is 19.8. The molecule has 2 aliphatic rings. The summed E-state index contributed by atoms with van der Waals surface area (Å²) in [6.45, 7) is 2.78. The molecule has 1 aromatic heterocycles. The van der Waals surface area contributed by atoms with E-state index in [1.807, 2.05) is 6.92 Å². The number of hydrogen-bond acceptors (Lipinski definition) is 7. The molecule has 8 heteroatoms. The first-order chi connectivity index (χ1) is 13.0. The molecule has 27 heavy (non-hydrogen) atoms. The normalized spacial score (nSPS) is 28.5. The minimum absolute atomic E-state index is 0.0798. The molecular weight excluding hydrogens is 346 g/mol. The van der Waals surface area contributed by atoms with Crippen molar-refractivity contribution in [3.63, 3.8) is 0 Å². The molecule has 0 saturated heterocycles. The van der Waals surface area contributed by atoms with Gasteiger partial charge in [-0.3, -0.25) is 4.79 Å². The number of amides is 1. The fourth-order valence-corrected chi connectivity index (χ4v) is 4.02. The molecule has 1 amide bonds. The molecule has 0 aromatic carbocycles. The first-order valence-corrected chi connectivity index (χ1v) is 10.0. The van der Waals surface area contributed by atoms with E-state index in [0.717, 1.165) is 51.6 Å². The van der Waals surface area contributed by atoms with Crippen LogP contribution in [0, 0.1) is 0 Å². The van der Waals surface area contributed by atoms with Gasteiger partial charge in [0.15, 0.2) is 0 Å². The van der Waals surface area contributed by atoms with Crippen LogP contribution in [0.25, 0.3) is 0 Å². The summed E-state index contributed by atoms with van der Waals surface area (Å²) in [7, 11) is 0. The molecule has 0 spiro atoms. The van der Waals surface area contributed by atoms with Crippen molar-refractivity contribution < 1.29 is 14.6 Å². The number of hydrogen-bond donors (Lipinski definition) is 4. The summed E-state index contributed by atoms with van der Waals surface area (Å²) in [5.74, 6) is 0.387. The van der Waals surface area contributed by atoms with Crippen LogP contribution in [0.3, 0.4) is 0 Å². The van der Waals surface area contributed by atoms with E-state index in [2.05, 4.69) is 20.6 Å². The molecule has 0 radical (unpaired) electrons. The van der Waals surface area contributed by atoms with E-state index in [1.54, 1.807) is 0 Å². The number of aliphatic hydroxyl groups is 1. The molecular formula is C19H31N5O3. The predicted octanol–water partition coefficient (Wildman–Crippen LogP) is 2.05. The first-order valence-electron chi connectivity index (χ1n) is 10.0. The lowest BCUT2D eigenvalue weighted by atomic mass is 9.93. The second-order valence-corrected chi connectivity index (χ2v) is 7.56. The lowest BCUT2D eigenvalue weighted by Gasteiger charge is -2.29. The summed E-state index contributed by atoms with van der Waals surface area (Å²) in [6.07, 6.45) is 8.92. The van der Waals surface area contributed by atoms with Gasteiger partial charge >= 0.3 is 0 Å². The summed E-state index contributed by atoms with van der Waals surface area (Å²) < 4.78 is 5.69. The second kappa shape index (κ2) is 9.32. The number of primary amides is 1. The molecule has 1 heterocycles. The molecule has 0 bridgehead atoms. The molecule has 150 valence electrons. The van der Waals surface area contributed by atoms with Crippen molar-refractivity contribution in [1.82, 2.24) is 9.97 Å². The number of nitrogens with two attached hydrogens (primary N) is 1. The van der Waals surface area contributed by atoms with Gasteiger partial charge < -0.3 is 26.2 Å². The maximum Gasteiger partial charge on any atom is 0.254 e.